The summed E-state index contributed by atoms with van der Waals surface area (Å²) in [6.07, 6.45) is 65.8. The molecule has 0 radical (unpaired) electrons. The zero-order valence-electron chi connectivity index (χ0n) is 44.6. The summed E-state index contributed by atoms with van der Waals surface area (Å²) in [5.41, 5.74) is 0. The Hall–Kier alpha value is -1.80. The van der Waals surface area contributed by atoms with E-state index in [1.807, 2.05) is 27.2 Å². The zero-order chi connectivity index (χ0) is 49.2. The molecule has 0 aromatic rings. The van der Waals surface area contributed by atoms with Crippen LogP contribution in [0.25, 0.3) is 0 Å². The number of likely N-dealkylation sites (N-methyl/N-ethyl adjacent to an activating group) is 1. The molecule has 0 aliphatic carbocycles. The normalized spacial score (nSPS) is 14.4. The summed E-state index contributed by atoms with van der Waals surface area (Å²) < 4.78 is 23.3. The van der Waals surface area contributed by atoms with Crippen LogP contribution in [0, 0.1) is 0 Å². The van der Waals surface area contributed by atoms with Gasteiger partial charge in [-0.25, -0.2) is 0 Å². The maximum absolute atomic E-state index is 12.9. The molecule has 1 amide bonds. The molecule has 3 unspecified atom stereocenters. The molecule has 0 aromatic heterocycles. The van der Waals surface area contributed by atoms with Crippen LogP contribution in [-0.2, 0) is 18.4 Å². The second-order valence-electron chi connectivity index (χ2n) is 20.3. The summed E-state index contributed by atoms with van der Waals surface area (Å²) in [6, 6.07) is -0.917. The van der Waals surface area contributed by atoms with Gasteiger partial charge in [0.15, 0.2) is 0 Å². The third-order valence-corrected chi connectivity index (χ3v) is 13.4. The van der Waals surface area contributed by atoms with Crippen LogP contribution in [0.4, 0.5) is 0 Å². The number of amides is 1. The molecule has 3 atom stereocenters. The van der Waals surface area contributed by atoms with Gasteiger partial charge in [0.25, 0.3) is 7.82 Å². The van der Waals surface area contributed by atoms with Gasteiger partial charge in [-0.05, 0) is 77.0 Å². The molecule has 0 rings (SSSR count). The van der Waals surface area contributed by atoms with E-state index in [0.29, 0.717) is 17.4 Å². The van der Waals surface area contributed by atoms with Crippen LogP contribution in [-0.4, -0.2) is 68.5 Å². The zero-order valence-corrected chi connectivity index (χ0v) is 45.5. The Kier molecular flexibility index (Phi) is 47.9. The largest absolute Gasteiger partial charge is 0.756 e. The van der Waals surface area contributed by atoms with Crippen LogP contribution in [0.1, 0.15) is 251 Å². The molecule has 0 fully saturated rings. The molecule has 2 N–H and O–H groups in total. The molecule has 0 aliphatic heterocycles. The Labute approximate surface area is 415 Å². The highest BCUT2D eigenvalue weighted by atomic mass is 31.2. The minimum atomic E-state index is -4.61. The number of allylic oxidation sites excluding steroid dienone is 9. The van der Waals surface area contributed by atoms with Crippen LogP contribution in [0.2, 0.25) is 0 Å². The molecule has 9 heteroatoms. The van der Waals surface area contributed by atoms with Crippen LogP contribution in [0.3, 0.4) is 0 Å². The molecule has 8 nitrogen and oxygen atoms in total. The smallest absolute Gasteiger partial charge is 0.268 e. The summed E-state index contributed by atoms with van der Waals surface area (Å²) in [5, 5.41) is 13.8. The van der Waals surface area contributed by atoms with Crippen LogP contribution in [0.15, 0.2) is 60.8 Å². The number of rotatable bonds is 51. The number of nitrogens with one attached hydrogen (secondary N) is 1. The number of hydrogen-bond acceptors (Lipinski definition) is 6. The van der Waals surface area contributed by atoms with Crippen molar-refractivity contribution in [2.24, 2.45) is 0 Å². The van der Waals surface area contributed by atoms with E-state index in [4.69, 9.17) is 9.05 Å². The van der Waals surface area contributed by atoms with Gasteiger partial charge in [0, 0.05) is 6.42 Å². The predicted molar refractivity (Wildman–Crippen MR) is 288 cm³/mol. The number of phosphoric ester groups is 1. The Morgan fingerprint density at radius 2 is 0.881 bits per heavy atom. The van der Waals surface area contributed by atoms with Crippen molar-refractivity contribution in [2.75, 3.05) is 40.9 Å². The lowest BCUT2D eigenvalue weighted by Gasteiger charge is -2.29. The summed E-state index contributed by atoms with van der Waals surface area (Å²) in [6.45, 7) is 4.63. The minimum Gasteiger partial charge on any atom is -0.756 e. The number of phosphoric acid groups is 1. The lowest BCUT2D eigenvalue weighted by Crippen LogP contribution is -2.45. The van der Waals surface area contributed by atoms with Gasteiger partial charge in [-0.3, -0.25) is 9.36 Å². The van der Waals surface area contributed by atoms with Crippen LogP contribution >= 0.6 is 7.82 Å². The Balaban J connectivity index is 4.34. The highest BCUT2D eigenvalue weighted by molar-refractivity contribution is 7.45. The molecular weight excluding hydrogens is 852 g/mol. The van der Waals surface area contributed by atoms with Gasteiger partial charge in [0.2, 0.25) is 5.91 Å². The number of unbranched alkanes of at least 4 members (excludes halogenated alkanes) is 30. The summed E-state index contributed by atoms with van der Waals surface area (Å²) in [7, 11) is 1.23. The molecular formula is C58H109N2O6P. The minimum absolute atomic E-state index is 0.0125. The van der Waals surface area contributed by atoms with Gasteiger partial charge in [-0.1, -0.05) is 229 Å². The first-order valence-corrected chi connectivity index (χ1v) is 29.6. The van der Waals surface area contributed by atoms with Crippen molar-refractivity contribution < 1.29 is 32.9 Å². The fourth-order valence-corrected chi connectivity index (χ4v) is 8.70. The fourth-order valence-electron chi connectivity index (χ4n) is 7.98. The highest BCUT2D eigenvalue weighted by Crippen LogP contribution is 2.38. The molecule has 0 heterocycles. The number of aliphatic hydroxyl groups excluding tert-OH is 1. The number of carbonyl (C=O) groups is 1. The maximum atomic E-state index is 12.9. The Morgan fingerprint density at radius 3 is 1.30 bits per heavy atom. The molecule has 0 saturated carbocycles. The molecule has 392 valence electrons. The summed E-state index contributed by atoms with van der Waals surface area (Å²) in [4.78, 5) is 25.5. The average Bonchev–Trinajstić information content (AvgIpc) is 3.29. The fraction of sp³-hybridized carbons (Fsp3) is 0.810. The number of nitrogens with zero attached hydrogens (tertiary/aromatic N) is 1. The van der Waals surface area contributed by atoms with Gasteiger partial charge in [0.1, 0.15) is 13.2 Å². The topological polar surface area (TPSA) is 108 Å². The summed E-state index contributed by atoms with van der Waals surface area (Å²) in [5.74, 6) is -0.219. The molecule has 0 aromatic carbocycles. The van der Waals surface area contributed by atoms with Crippen molar-refractivity contribution in [3.8, 4) is 0 Å². The van der Waals surface area contributed by atoms with Crippen LogP contribution in [0.5, 0.6) is 0 Å². The van der Waals surface area contributed by atoms with E-state index in [1.54, 1.807) is 6.08 Å². The average molecular weight is 961 g/mol. The van der Waals surface area contributed by atoms with Crippen molar-refractivity contribution >= 4 is 13.7 Å². The third kappa shape index (κ3) is 51.9. The van der Waals surface area contributed by atoms with Gasteiger partial charge >= 0.3 is 0 Å². The number of carbonyl (C=O) groups excluding carboxylic acids is 1. The number of aliphatic hydroxyl groups is 1. The molecule has 0 saturated heterocycles. The molecule has 67 heavy (non-hydrogen) atoms. The lowest BCUT2D eigenvalue weighted by molar-refractivity contribution is -0.870. The van der Waals surface area contributed by atoms with Crippen molar-refractivity contribution in [3.05, 3.63) is 60.8 Å². The van der Waals surface area contributed by atoms with Gasteiger partial charge in [-0.15, -0.1) is 0 Å². The van der Waals surface area contributed by atoms with Gasteiger partial charge in [-0.2, -0.15) is 0 Å². The molecule has 0 bridgehead atoms. The number of hydrogen-bond donors (Lipinski definition) is 2. The van der Waals surface area contributed by atoms with Crippen molar-refractivity contribution in [3.63, 3.8) is 0 Å². The molecule has 0 aliphatic rings. The second kappa shape index (κ2) is 49.2. The van der Waals surface area contributed by atoms with E-state index in [9.17, 15) is 19.4 Å². The van der Waals surface area contributed by atoms with Crippen molar-refractivity contribution in [2.45, 2.75) is 264 Å². The van der Waals surface area contributed by atoms with E-state index in [2.05, 4.69) is 67.8 Å². The first-order valence-electron chi connectivity index (χ1n) is 28.2. The van der Waals surface area contributed by atoms with E-state index in [0.717, 1.165) is 64.2 Å². The maximum Gasteiger partial charge on any atom is 0.268 e. The summed E-state index contributed by atoms with van der Waals surface area (Å²) >= 11 is 0. The monoisotopic (exact) mass is 961 g/mol. The predicted octanol–water partition coefficient (Wildman–Crippen LogP) is 16.3. The standard InChI is InChI=1S/C58H109N2O6P/c1-6-8-10-12-14-16-18-20-22-24-26-28-30-32-34-36-38-40-42-44-46-48-50-52-58(62)59-56(55-66-67(63,64)65-54-53-60(3,4)5)57(61)51-49-47-45-43-41-39-37-35-33-31-29-27-25-23-21-19-17-15-13-11-9-7-2/h26,28,32-35,41,43,49,51,56-57,61H,6-25,27,29-31,36-40,42,44-48,50,52-55H2,1-5H3,(H-,59,62,63,64)/b28-26-,34-32-,35-33+,43-41+,51-49+. The van der Waals surface area contributed by atoms with Gasteiger partial charge in [0.05, 0.1) is 39.9 Å². The van der Waals surface area contributed by atoms with Crippen molar-refractivity contribution in [1.29, 1.82) is 0 Å². The Bertz CT molecular complexity index is 1270. The first kappa shape index (κ1) is 65.2. The highest BCUT2D eigenvalue weighted by Gasteiger charge is 2.23. The van der Waals surface area contributed by atoms with E-state index < -0.39 is 26.6 Å². The third-order valence-electron chi connectivity index (χ3n) is 12.4. The van der Waals surface area contributed by atoms with E-state index in [1.165, 1.54) is 167 Å². The first-order chi connectivity index (χ1) is 32.5. The second-order valence-corrected chi connectivity index (χ2v) is 21.7. The van der Waals surface area contributed by atoms with E-state index in [-0.39, 0.29) is 12.5 Å². The molecule has 0 spiro atoms. The lowest BCUT2D eigenvalue weighted by atomic mass is 10.0. The Morgan fingerprint density at radius 1 is 0.522 bits per heavy atom. The van der Waals surface area contributed by atoms with E-state index >= 15 is 0 Å². The SMILES string of the molecule is CCCCCCCCCCC/C=C\C/C=C\CCCCCCCCCC(=O)NC(COP(=O)([O-])OCC[N+](C)(C)C)C(O)/C=C/CC/C=C/CC/C=C/CCCCCCCCCCCCCC. The quantitative estimate of drug-likeness (QED) is 0.0272. The van der Waals surface area contributed by atoms with Crippen molar-refractivity contribution in [1.82, 2.24) is 5.32 Å². The number of quaternary nitrogens is 1. The van der Waals surface area contributed by atoms with Crippen LogP contribution < -0.4 is 10.2 Å². The van der Waals surface area contributed by atoms with Gasteiger partial charge < -0.3 is 28.8 Å².